The molecule has 0 bridgehead atoms. The summed E-state index contributed by atoms with van der Waals surface area (Å²) < 4.78 is 18.2. The van der Waals surface area contributed by atoms with Crippen molar-refractivity contribution in [3.63, 3.8) is 0 Å². The summed E-state index contributed by atoms with van der Waals surface area (Å²) in [5, 5.41) is 0. The number of aromatic nitrogens is 1. The topological polar surface area (TPSA) is 40.6 Å². The van der Waals surface area contributed by atoms with Crippen LogP contribution in [0.2, 0.25) is 0 Å². The minimum Gasteiger partial charge on any atom is -0.489 e. The highest BCUT2D eigenvalue weighted by molar-refractivity contribution is 6.62. The van der Waals surface area contributed by atoms with Gasteiger partial charge in [-0.15, -0.1) is 0 Å². The summed E-state index contributed by atoms with van der Waals surface area (Å²) in [6.45, 7) is 8.23. The first-order valence-electron chi connectivity index (χ1n) is 8.35. The summed E-state index contributed by atoms with van der Waals surface area (Å²) in [4.78, 5) is 4.31. The zero-order valence-electron chi connectivity index (χ0n) is 14.1. The van der Waals surface area contributed by atoms with Crippen LogP contribution in [0.15, 0.2) is 18.5 Å². The normalized spacial score (nSPS) is 24.5. The summed E-state index contributed by atoms with van der Waals surface area (Å²) in [6, 6.07) is 2.00. The Kier molecular flexibility index (Phi) is 4.21. The third-order valence-electron chi connectivity index (χ3n) is 5.11. The highest BCUT2D eigenvalue weighted by Crippen LogP contribution is 2.36. The van der Waals surface area contributed by atoms with Gasteiger partial charge in [0.25, 0.3) is 0 Å². The second-order valence-electron chi connectivity index (χ2n) is 7.42. The summed E-state index contributed by atoms with van der Waals surface area (Å²) in [6.07, 6.45) is 10.0. The fraction of sp³-hybridized carbons (Fsp3) is 0.706. The Morgan fingerprint density at radius 1 is 1.05 bits per heavy atom. The van der Waals surface area contributed by atoms with Crippen molar-refractivity contribution in [3.8, 4) is 5.75 Å². The van der Waals surface area contributed by atoms with Crippen molar-refractivity contribution >= 4 is 12.6 Å². The van der Waals surface area contributed by atoms with E-state index in [4.69, 9.17) is 14.0 Å². The summed E-state index contributed by atoms with van der Waals surface area (Å²) in [7, 11) is -0.382. The van der Waals surface area contributed by atoms with Gasteiger partial charge in [-0.3, -0.25) is 4.98 Å². The molecule has 4 nitrogen and oxygen atoms in total. The predicted octanol–water partition coefficient (Wildman–Crippen LogP) is 3.09. The molecule has 3 rings (SSSR count). The molecule has 5 heteroatoms. The second-order valence-corrected chi connectivity index (χ2v) is 7.42. The molecule has 0 atom stereocenters. The number of pyridine rings is 1. The van der Waals surface area contributed by atoms with Gasteiger partial charge in [-0.05, 0) is 59.4 Å². The fourth-order valence-electron chi connectivity index (χ4n) is 2.98. The van der Waals surface area contributed by atoms with Crippen molar-refractivity contribution in [1.82, 2.24) is 4.98 Å². The molecule has 1 aromatic heterocycles. The molecule has 22 heavy (non-hydrogen) atoms. The van der Waals surface area contributed by atoms with Gasteiger partial charge in [0.1, 0.15) is 5.75 Å². The van der Waals surface area contributed by atoms with Gasteiger partial charge in [0.15, 0.2) is 0 Å². The molecular weight excluding hydrogens is 277 g/mol. The lowest BCUT2D eigenvalue weighted by atomic mass is 9.80. The largest absolute Gasteiger partial charge is 0.496 e. The Labute approximate surface area is 133 Å². The minimum absolute atomic E-state index is 0.323. The van der Waals surface area contributed by atoms with Crippen molar-refractivity contribution in [3.05, 3.63) is 18.5 Å². The average molecular weight is 303 g/mol. The van der Waals surface area contributed by atoms with Gasteiger partial charge in [0, 0.05) is 11.7 Å². The van der Waals surface area contributed by atoms with Crippen LogP contribution in [0, 0.1) is 0 Å². The van der Waals surface area contributed by atoms with Crippen LogP contribution in [0.3, 0.4) is 0 Å². The van der Waals surface area contributed by atoms with Gasteiger partial charge >= 0.3 is 7.12 Å². The SMILES string of the molecule is CC1(C)OB(c2cncc(OC3CCCCC3)c2)OC1(C)C. The minimum atomic E-state index is -0.382. The third kappa shape index (κ3) is 3.16. The van der Waals surface area contributed by atoms with Crippen molar-refractivity contribution in [2.45, 2.75) is 77.1 Å². The molecule has 0 aromatic carbocycles. The molecule has 2 aliphatic rings. The molecule has 1 saturated heterocycles. The molecule has 0 N–H and O–H groups in total. The Bertz CT molecular complexity index is 510. The van der Waals surface area contributed by atoms with Gasteiger partial charge in [0.05, 0.1) is 23.5 Å². The molecule has 120 valence electrons. The van der Waals surface area contributed by atoms with Crippen molar-refractivity contribution < 1.29 is 14.0 Å². The van der Waals surface area contributed by atoms with Gasteiger partial charge in [0.2, 0.25) is 0 Å². The number of hydrogen-bond acceptors (Lipinski definition) is 4. The van der Waals surface area contributed by atoms with Crippen LogP contribution in [-0.4, -0.2) is 29.4 Å². The van der Waals surface area contributed by atoms with Gasteiger partial charge in [-0.2, -0.15) is 0 Å². The lowest BCUT2D eigenvalue weighted by Gasteiger charge is -2.32. The Morgan fingerprint density at radius 2 is 1.68 bits per heavy atom. The monoisotopic (exact) mass is 303 g/mol. The van der Waals surface area contributed by atoms with Crippen LogP contribution < -0.4 is 10.2 Å². The Morgan fingerprint density at radius 3 is 2.32 bits per heavy atom. The van der Waals surface area contributed by atoms with Gasteiger partial charge in [-0.25, -0.2) is 0 Å². The van der Waals surface area contributed by atoms with Crippen LogP contribution >= 0.6 is 0 Å². The van der Waals surface area contributed by atoms with Crippen molar-refractivity contribution in [2.24, 2.45) is 0 Å². The molecule has 1 aliphatic heterocycles. The van der Waals surface area contributed by atoms with E-state index in [2.05, 4.69) is 32.7 Å². The maximum absolute atomic E-state index is 6.09. The molecule has 2 fully saturated rings. The molecule has 0 spiro atoms. The van der Waals surface area contributed by atoms with Crippen LogP contribution in [0.25, 0.3) is 0 Å². The molecule has 1 aliphatic carbocycles. The summed E-state index contributed by atoms with van der Waals surface area (Å²) in [5.74, 6) is 0.819. The zero-order chi connectivity index (χ0) is 15.8. The first kappa shape index (κ1) is 15.8. The first-order valence-corrected chi connectivity index (χ1v) is 8.35. The molecule has 1 aromatic rings. The zero-order valence-corrected chi connectivity index (χ0v) is 14.1. The first-order chi connectivity index (χ1) is 10.4. The van der Waals surface area contributed by atoms with Gasteiger partial charge in [-0.1, -0.05) is 6.42 Å². The van der Waals surface area contributed by atoms with Crippen LogP contribution in [-0.2, 0) is 9.31 Å². The van der Waals surface area contributed by atoms with E-state index in [9.17, 15) is 0 Å². The molecule has 0 unspecified atom stereocenters. The van der Waals surface area contributed by atoms with E-state index in [0.717, 1.165) is 24.1 Å². The maximum atomic E-state index is 6.09. The molecule has 0 radical (unpaired) electrons. The van der Waals surface area contributed by atoms with E-state index in [0.29, 0.717) is 6.10 Å². The smallest absolute Gasteiger partial charge is 0.489 e. The average Bonchev–Trinajstić information content (AvgIpc) is 2.69. The standard InChI is InChI=1S/C17H26BNO3/c1-16(2)17(3,4)22-18(21-16)13-10-15(12-19-11-13)20-14-8-6-5-7-9-14/h10-12,14H,5-9H2,1-4H3. The van der Waals surface area contributed by atoms with Crippen LogP contribution in [0.5, 0.6) is 5.75 Å². The summed E-state index contributed by atoms with van der Waals surface area (Å²) >= 11 is 0. The van der Waals surface area contributed by atoms with E-state index in [1.165, 1.54) is 19.3 Å². The van der Waals surface area contributed by atoms with Crippen LogP contribution in [0.4, 0.5) is 0 Å². The fourth-order valence-corrected chi connectivity index (χ4v) is 2.98. The number of rotatable bonds is 3. The Balaban J connectivity index is 1.72. The van der Waals surface area contributed by atoms with E-state index >= 15 is 0 Å². The second kappa shape index (κ2) is 5.86. The maximum Gasteiger partial charge on any atom is 0.496 e. The van der Waals surface area contributed by atoms with Crippen LogP contribution in [0.1, 0.15) is 59.8 Å². The third-order valence-corrected chi connectivity index (χ3v) is 5.11. The molecular formula is C17H26BNO3. The molecule has 1 saturated carbocycles. The molecule has 0 amide bonds. The number of nitrogens with zero attached hydrogens (tertiary/aromatic N) is 1. The predicted molar refractivity (Wildman–Crippen MR) is 87.5 cm³/mol. The van der Waals surface area contributed by atoms with Gasteiger partial charge < -0.3 is 14.0 Å². The number of ether oxygens (including phenoxy) is 1. The quantitative estimate of drug-likeness (QED) is 0.805. The van der Waals surface area contributed by atoms with E-state index in [-0.39, 0.29) is 18.3 Å². The lowest BCUT2D eigenvalue weighted by molar-refractivity contribution is 0.00578. The lowest BCUT2D eigenvalue weighted by Crippen LogP contribution is -2.41. The van der Waals surface area contributed by atoms with E-state index in [1.807, 2.05) is 6.07 Å². The summed E-state index contributed by atoms with van der Waals surface area (Å²) in [5.41, 5.74) is 0.252. The van der Waals surface area contributed by atoms with Crippen molar-refractivity contribution in [2.75, 3.05) is 0 Å². The van der Waals surface area contributed by atoms with E-state index in [1.54, 1.807) is 12.4 Å². The van der Waals surface area contributed by atoms with E-state index < -0.39 is 0 Å². The highest BCUT2D eigenvalue weighted by Gasteiger charge is 2.51. The van der Waals surface area contributed by atoms with Crippen molar-refractivity contribution in [1.29, 1.82) is 0 Å². The highest BCUT2D eigenvalue weighted by atomic mass is 16.7. The molecule has 2 heterocycles. The number of hydrogen-bond donors (Lipinski definition) is 0. The Hall–Kier alpha value is -1.07.